The summed E-state index contributed by atoms with van der Waals surface area (Å²) in [6.45, 7) is 6.32. The second kappa shape index (κ2) is 9.51. The van der Waals surface area contributed by atoms with Gasteiger partial charge in [-0.3, -0.25) is 9.62 Å². The quantitative estimate of drug-likeness (QED) is 0.522. The van der Waals surface area contributed by atoms with Crippen LogP contribution in [-0.4, -0.2) is 62.1 Å². The van der Waals surface area contributed by atoms with E-state index in [1.807, 2.05) is 4.90 Å². The first-order chi connectivity index (χ1) is 16.2. The molecular formula is C23H24F2N4O4S. The smallest absolute Gasteiger partial charge is 0.336 e. The molecule has 34 heavy (non-hydrogen) atoms. The molecule has 1 fully saturated rings. The van der Waals surface area contributed by atoms with Crippen LogP contribution in [0.25, 0.3) is 10.9 Å². The highest BCUT2D eigenvalue weighted by atomic mass is 32.2. The Morgan fingerprint density at radius 2 is 1.79 bits per heavy atom. The minimum Gasteiger partial charge on any atom is -0.478 e. The highest BCUT2D eigenvalue weighted by molar-refractivity contribution is 7.92. The number of rotatable bonds is 7. The summed E-state index contributed by atoms with van der Waals surface area (Å²) in [6, 6.07) is 8.08. The van der Waals surface area contributed by atoms with Crippen molar-refractivity contribution in [3.63, 3.8) is 0 Å². The lowest BCUT2D eigenvalue weighted by Crippen LogP contribution is -2.46. The predicted octanol–water partition coefficient (Wildman–Crippen LogP) is 3.54. The number of aromatic carboxylic acids is 1. The molecule has 0 aliphatic carbocycles. The Balaban J connectivity index is 1.64. The molecule has 11 heteroatoms. The van der Waals surface area contributed by atoms with E-state index in [-0.39, 0.29) is 16.6 Å². The number of aromatic nitrogens is 1. The van der Waals surface area contributed by atoms with Gasteiger partial charge in [0, 0.05) is 37.3 Å². The average Bonchev–Trinajstić information content (AvgIpc) is 2.80. The maximum atomic E-state index is 13.5. The number of carbonyl (C=O) groups is 1. The van der Waals surface area contributed by atoms with Crippen LogP contribution in [0.2, 0.25) is 0 Å². The van der Waals surface area contributed by atoms with Gasteiger partial charge in [0.25, 0.3) is 10.0 Å². The molecule has 1 aromatic heterocycles. The third-order valence-corrected chi connectivity index (χ3v) is 7.09. The fourth-order valence-electron chi connectivity index (χ4n) is 3.99. The first-order valence-electron chi connectivity index (χ1n) is 10.8. The monoisotopic (exact) mass is 490 g/mol. The van der Waals surface area contributed by atoms with Crippen LogP contribution < -0.4 is 9.62 Å². The Bertz CT molecular complexity index is 1340. The molecule has 0 radical (unpaired) electrons. The van der Waals surface area contributed by atoms with E-state index in [0.29, 0.717) is 17.4 Å². The van der Waals surface area contributed by atoms with E-state index in [1.54, 1.807) is 0 Å². The SMILES string of the molecule is CCCN1CCN(c2cc(C(=O)O)c3cc(NS(=O)(=O)c4ccc(F)c(F)c4)ccc3n2)CC1. The molecule has 0 atom stereocenters. The molecule has 2 aromatic carbocycles. The molecule has 1 aliphatic rings. The highest BCUT2D eigenvalue weighted by Crippen LogP contribution is 2.28. The second-order valence-corrected chi connectivity index (χ2v) is 9.76. The van der Waals surface area contributed by atoms with Crippen molar-refractivity contribution in [1.29, 1.82) is 0 Å². The summed E-state index contributed by atoms with van der Waals surface area (Å²) in [5.41, 5.74) is 0.467. The molecule has 180 valence electrons. The molecular weight excluding hydrogens is 466 g/mol. The van der Waals surface area contributed by atoms with Crippen LogP contribution in [0.5, 0.6) is 0 Å². The van der Waals surface area contributed by atoms with Crippen LogP contribution in [0.3, 0.4) is 0 Å². The first-order valence-corrected chi connectivity index (χ1v) is 12.3. The molecule has 0 unspecified atom stereocenters. The molecule has 0 spiro atoms. The van der Waals surface area contributed by atoms with Crippen LogP contribution in [0.1, 0.15) is 23.7 Å². The maximum Gasteiger partial charge on any atom is 0.336 e. The van der Waals surface area contributed by atoms with E-state index in [0.717, 1.165) is 51.3 Å². The first kappa shape index (κ1) is 23.8. The summed E-state index contributed by atoms with van der Waals surface area (Å²) in [5, 5.41) is 10.1. The van der Waals surface area contributed by atoms with Gasteiger partial charge < -0.3 is 10.0 Å². The molecule has 4 rings (SSSR count). The number of fused-ring (bicyclic) bond motifs is 1. The number of nitrogens with zero attached hydrogens (tertiary/aromatic N) is 3. The standard InChI is InChI=1S/C23H24F2N4O4S/c1-2-7-28-8-10-29(11-9-28)22-14-18(23(30)31)17-12-15(3-6-21(17)26-22)27-34(32,33)16-4-5-19(24)20(25)13-16/h3-6,12-14,27H,2,7-11H2,1H3,(H,30,31). The van der Waals surface area contributed by atoms with Crippen molar-refractivity contribution in [2.75, 3.05) is 42.3 Å². The van der Waals surface area contributed by atoms with E-state index < -0.39 is 32.5 Å². The van der Waals surface area contributed by atoms with Crippen molar-refractivity contribution in [1.82, 2.24) is 9.88 Å². The van der Waals surface area contributed by atoms with Gasteiger partial charge in [0.1, 0.15) is 5.82 Å². The van der Waals surface area contributed by atoms with Gasteiger partial charge in [-0.25, -0.2) is 27.0 Å². The third kappa shape index (κ3) is 4.95. The summed E-state index contributed by atoms with van der Waals surface area (Å²) < 4.78 is 54.2. The number of carboxylic acids is 1. The van der Waals surface area contributed by atoms with Crippen LogP contribution in [-0.2, 0) is 10.0 Å². The second-order valence-electron chi connectivity index (χ2n) is 8.08. The van der Waals surface area contributed by atoms with Crippen LogP contribution in [0.4, 0.5) is 20.3 Å². The molecule has 1 saturated heterocycles. The zero-order valence-corrected chi connectivity index (χ0v) is 19.3. The predicted molar refractivity (Wildman–Crippen MR) is 125 cm³/mol. The number of anilines is 2. The van der Waals surface area contributed by atoms with Crippen LogP contribution in [0, 0.1) is 11.6 Å². The fourth-order valence-corrected chi connectivity index (χ4v) is 5.05. The summed E-state index contributed by atoms with van der Waals surface area (Å²) >= 11 is 0. The minimum absolute atomic E-state index is 0.00939. The Morgan fingerprint density at radius 3 is 2.44 bits per heavy atom. The van der Waals surface area contributed by atoms with E-state index >= 15 is 0 Å². The zero-order valence-electron chi connectivity index (χ0n) is 18.5. The van der Waals surface area contributed by atoms with Crippen molar-refractivity contribution < 1.29 is 27.1 Å². The lowest BCUT2D eigenvalue weighted by atomic mass is 10.1. The number of sulfonamides is 1. The van der Waals surface area contributed by atoms with Crippen molar-refractivity contribution >= 4 is 38.4 Å². The number of benzene rings is 2. The van der Waals surface area contributed by atoms with Crippen molar-refractivity contribution in [3.8, 4) is 0 Å². The number of hydrogen-bond acceptors (Lipinski definition) is 6. The van der Waals surface area contributed by atoms with E-state index in [1.165, 1.54) is 24.3 Å². The van der Waals surface area contributed by atoms with Gasteiger partial charge in [0.15, 0.2) is 11.6 Å². The third-order valence-electron chi connectivity index (χ3n) is 5.72. The fraction of sp³-hybridized carbons (Fsp3) is 0.304. The molecule has 2 N–H and O–H groups in total. The maximum absolute atomic E-state index is 13.5. The Labute approximate surface area is 195 Å². The van der Waals surface area contributed by atoms with Crippen LogP contribution in [0.15, 0.2) is 47.4 Å². The molecule has 0 bridgehead atoms. The minimum atomic E-state index is -4.23. The van der Waals surface area contributed by atoms with Crippen LogP contribution >= 0.6 is 0 Å². The number of carboxylic acid groups (broad SMARTS) is 1. The summed E-state index contributed by atoms with van der Waals surface area (Å²) in [6.07, 6.45) is 1.07. The molecule has 0 amide bonds. The largest absolute Gasteiger partial charge is 0.478 e. The van der Waals surface area contributed by atoms with Gasteiger partial charge in [0.05, 0.1) is 16.0 Å². The molecule has 0 saturated carbocycles. The van der Waals surface area contributed by atoms with Crippen molar-refractivity contribution in [2.45, 2.75) is 18.2 Å². The van der Waals surface area contributed by atoms with Gasteiger partial charge >= 0.3 is 5.97 Å². The summed E-state index contributed by atoms with van der Waals surface area (Å²) in [4.78, 5) is 20.5. The average molecular weight is 491 g/mol. The Kier molecular flexibility index (Phi) is 6.67. The lowest BCUT2D eigenvalue weighted by Gasteiger charge is -2.35. The topological polar surface area (TPSA) is 103 Å². The molecule has 8 nitrogen and oxygen atoms in total. The summed E-state index contributed by atoms with van der Waals surface area (Å²) in [5.74, 6) is -3.07. The van der Waals surface area contributed by atoms with Gasteiger partial charge in [-0.2, -0.15) is 0 Å². The number of halogens is 2. The Hall–Kier alpha value is -3.31. The number of nitrogens with one attached hydrogen (secondary N) is 1. The number of hydrogen-bond donors (Lipinski definition) is 2. The van der Waals surface area contributed by atoms with E-state index in [2.05, 4.69) is 21.5 Å². The van der Waals surface area contributed by atoms with Crippen molar-refractivity contribution in [3.05, 3.63) is 59.7 Å². The number of piperazine rings is 1. The van der Waals surface area contributed by atoms with Crippen molar-refractivity contribution in [2.24, 2.45) is 0 Å². The number of pyridine rings is 1. The van der Waals surface area contributed by atoms with Gasteiger partial charge in [-0.15, -0.1) is 0 Å². The van der Waals surface area contributed by atoms with Gasteiger partial charge in [-0.05, 0) is 55.4 Å². The summed E-state index contributed by atoms with van der Waals surface area (Å²) in [7, 11) is -4.23. The molecule has 3 aromatic rings. The van der Waals surface area contributed by atoms with E-state index in [9.17, 15) is 27.1 Å². The normalized spacial score (nSPS) is 15.0. The molecule has 2 heterocycles. The molecule has 1 aliphatic heterocycles. The zero-order chi connectivity index (χ0) is 24.5. The lowest BCUT2D eigenvalue weighted by molar-refractivity contribution is 0.0699. The van der Waals surface area contributed by atoms with E-state index in [4.69, 9.17) is 0 Å². The van der Waals surface area contributed by atoms with Gasteiger partial charge in [-0.1, -0.05) is 6.92 Å². The van der Waals surface area contributed by atoms with Gasteiger partial charge in [0.2, 0.25) is 0 Å². The Morgan fingerprint density at radius 1 is 1.06 bits per heavy atom. The highest BCUT2D eigenvalue weighted by Gasteiger charge is 2.22.